The summed E-state index contributed by atoms with van der Waals surface area (Å²) in [5.74, 6) is -0.410. The van der Waals surface area contributed by atoms with E-state index in [2.05, 4.69) is 34.3 Å². The highest BCUT2D eigenvalue weighted by molar-refractivity contribution is 5.79. The second-order valence-corrected chi connectivity index (χ2v) is 6.52. The molecular weight excluding hydrogens is 344 g/mol. The van der Waals surface area contributed by atoms with Gasteiger partial charge >= 0.3 is 12.1 Å². The third-order valence-electron chi connectivity index (χ3n) is 4.81. The van der Waals surface area contributed by atoms with E-state index in [1.165, 1.54) is 29.4 Å². The number of rotatable bonds is 7. The molecule has 6 heteroatoms. The zero-order valence-electron chi connectivity index (χ0n) is 15.3. The minimum atomic E-state index is -0.667. The number of benzene rings is 2. The number of methoxy groups -OCH3 is 1. The van der Waals surface area contributed by atoms with Crippen molar-refractivity contribution in [3.63, 3.8) is 0 Å². The van der Waals surface area contributed by atoms with E-state index in [0.29, 0.717) is 19.4 Å². The molecule has 0 bridgehead atoms. The molecule has 0 spiro atoms. The standard InChI is InChI=1S/C21H24N2O4/c1-26-20(24)19(22)11-6-12-23-21(25)27-13-18-16-9-4-2-7-14(16)15-8-3-5-10-17(15)18/h2-5,7-10,18-19H,6,11-13,22H2,1H3,(H,23,25)/t19-/m0/s1. The van der Waals surface area contributed by atoms with Crippen LogP contribution in [0.15, 0.2) is 48.5 Å². The molecule has 0 aromatic heterocycles. The molecule has 0 aliphatic heterocycles. The van der Waals surface area contributed by atoms with Crippen LogP contribution < -0.4 is 11.1 Å². The van der Waals surface area contributed by atoms with E-state index in [1.807, 2.05) is 24.3 Å². The Balaban J connectivity index is 1.50. The molecule has 0 radical (unpaired) electrons. The summed E-state index contributed by atoms with van der Waals surface area (Å²) >= 11 is 0. The SMILES string of the molecule is COC(=O)[C@@H](N)CCCNC(=O)OCC1c2ccccc2-c2ccccc21. The lowest BCUT2D eigenvalue weighted by Crippen LogP contribution is -2.33. The van der Waals surface area contributed by atoms with Gasteiger partial charge in [-0.25, -0.2) is 4.79 Å². The lowest BCUT2D eigenvalue weighted by molar-refractivity contribution is -0.142. The van der Waals surface area contributed by atoms with Gasteiger partial charge < -0.3 is 20.5 Å². The number of carbonyl (C=O) groups excluding carboxylic acids is 2. The van der Waals surface area contributed by atoms with Gasteiger partial charge in [0.15, 0.2) is 0 Å². The molecule has 3 N–H and O–H groups in total. The number of amides is 1. The van der Waals surface area contributed by atoms with Gasteiger partial charge in [-0.1, -0.05) is 48.5 Å². The molecule has 2 aromatic carbocycles. The van der Waals surface area contributed by atoms with E-state index in [4.69, 9.17) is 10.5 Å². The normalized spacial score (nSPS) is 13.4. The van der Waals surface area contributed by atoms with E-state index in [0.717, 1.165) is 0 Å². The van der Waals surface area contributed by atoms with E-state index in [9.17, 15) is 9.59 Å². The van der Waals surface area contributed by atoms with Crippen molar-refractivity contribution in [3.8, 4) is 11.1 Å². The second kappa shape index (κ2) is 8.68. The third-order valence-corrected chi connectivity index (χ3v) is 4.81. The molecule has 0 saturated carbocycles. The lowest BCUT2D eigenvalue weighted by Gasteiger charge is -2.15. The first-order chi connectivity index (χ1) is 13.1. The highest BCUT2D eigenvalue weighted by atomic mass is 16.5. The molecule has 27 heavy (non-hydrogen) atoms. The third kappa shape index (κ3) is 4.28. The molecule has 1 amide bonds. The van der Waals surface area contributed by atoms with E-state index >= 15 is 0 Å². The van der Waals surface area contributed by atoms with Crippen LogP contribution in [0, 0.1) is 0 Å². The number of carbonyl (C=O) groups is 2. The largest absolute Gasteiger partial charge is 0.468 e. The number of hydrogen-bond acceptors (Lipinski definition) is 5. The fourth-order valence-electron chi connectivity index (χ4n) is 3.43. The minimum absolute atomic E-state index is 0.0379. The molecule has 1 atom stereocenters. The van der Waals surface area contributed by atoms with Gasteiger partial charge in [-0.05, 0) is 35.1 Å². The molecule has 142 valence electrons. The maximum Gasteiger partial charge on any atom is 0.407 e. The Morgan fingerprint density at radius 1 is 1.07 bits per heavy atom. The number of nitrogens with one attached hydrogen (secondary N) is 1. The van der Waals surface area contributed by atoms with Gasteiger partial charge in [0.2, 0.25) is 0 Å². The Labute approximate surface area is 158 Å². The molecule has 0 fully saturated rings. The van der Waals surface area contributed by atoms with Crippen molar-refractivity contribution in [1.29, 1.82) is 0 Å². The molecule has 2 aromatic rings. The van der Waals surface area contributed by atoms with Crippen molar-refractivity contribution in [2.75, 3.05) is 20.3 Å². The minimum Gasteiger partial charge on any atom is -0.468 e. The fourth-order valence-corrected chi connectivity index (χ4v) is 3.43. The highest BCUT2D eigenvalue weighted by Crippen LogP contribution is 2.44. The zero-order chi connectivity index (χ0) is 19.2. The zero-order valence-corrected chi connectivity index (χ0v) is 15.3. The van der Waals surface area contributed by atoms with Gasteiger partial charge in [0.1, 0.15) is 12.6 Å². The summed E-state index contributed by atoms with van der Waals surface area (Å²) in [6.07, 6.45) is 0.542. The van der Waals surface area contributed by atoms with Gasteiger partial charge in [0, 0.05) is 12.5 Å². The predicted octanol–water partition coefficient (Wildman–Crippen LogP) is 2.81. The lowest BCUT2D eigenvalue weighted by atomic mass is 9.98. The van der Waals surface area contributed by atoms with Crippen LogP contribution in [0.5, 0.6) is 0 Å². The summed E-state index contributed by atoms with van der Waals surface area (Å²) in [6.45, 7) is 0.670. The number of ether oxygens (including phenoxy) is 2. The average molecular weight is 368 g/mol. The maximum absolute atomic E-state index is 12.0. The quantitative estimate of drug-likeness (QED) is 0.579. The van der Waals surface area contributed by atoms with Crippen molar-refractivity contribution in [2.24, 2.45) is 5.73 Å². The Morgan fingerprint density at radius 2 is 1.67 bits per heavy atom. The van der Waals surface area contributed by atoms with Crippen molar-refractivity contribution in [2.45, 2.75) is 24.8 Å². The topological polar surface area (TPSA) is 90.6 Å². The number of nitrogens with two attached hydrogens (primary N) is 1. The van der Waals surface area contributed by atoms with Crippen molar-refractivity contribution < 1.29 is 19.1 Å². The summed E-state index contributed by atoms with van der Waals surface area (Å²) in [6, 6.07) is 15.7. The summed E-state index contributed by atoms with van der Waals surface area (Å²) in [5.41, 5.74) is 10.4. The Kier molecular flexibility index (Phi) is 6.08. The second-order valence-electron chi connectivity index (χ2n) is 6.52. The smallest absolute Gasteiger partial charge is 0.407 e. The maximum atomic E-state index is 12.0. The first-order valence-electron chi connectivity index (χ1n) is 9.04. The van der Waals surface area contributed by atoms with E-state index in [1.54, 1.807) is 0 Å². The van der Waals surface area contributed by atoms with Crippen molar-refractivity contribution in [1.82, 2.24) is 5.32 Å². The van der Waals surface area contributed by atoms with Gasteiger partial charge in [-0.3, -0.25) is 4.79 Å². The number of alkyl carbamates (subject to hydrolysis) is 1. The van der Waals surface area contributed by atoms with E-state index < -0.39 is 18.1 Å². The number of fused-ring (bicyclic) bond motifs is 3. The molecule has 0 saturated heterocycles. The van der Waals surface area contributed by atoms with Crippen LogP contribution in [0.4, 0.5) is 4.79 Å². The average Bonchev–Trinajstić information content (AvgIpc) is 3.02. The van der Waals surface area contributed by atoms with Crippen LogP contribution in [0.25, 0.3) is 11.1 Å². The summed E-state index contributed by atoms with van der Waals surface area (Å²) in [7, 11) is 1.30. The first kappa shape index (κ1) is 18.9. The van der Waals surface area contributed by atoms with Crippen LogP contribution in [-0.2, 0) is 14.3 Å². The predicted molar refractivity (Wildman–Crippen MR) is 102 cm³/mol. The first-order valence-corrected chi connectivity index (χ1v) is 9.04. The van der Waals surface area contributed by atoms with Gasteiger partial charge in [-0.2, -0.15) is 0 Å². The summed E-state index contributed by atoms with van der Waals surface area (Å²) < 4.78 is 10.0. The van der Waals surface area contributed by atoms with Crippen LogP contribution >= 0.6 is 0 Å². The molecule has 1 aliphatic rings. The van der Waals surface area contributed by atoms with Crippen molar-refractivity contribution >= 4 is 12.1 Å². The Morgan fingerprint density at radius 3 is 2.26 bits per heavy atom. The van der Waals surface area contributed by atoms with Crippen molar-refractivity contribution in [3.05, 3.63) is 59.7 Å². The fraction of sp³-hybridized carbons (Fsp3) is 0.333. The summed E-state index contributed by atoms with van der Waals surface area (Å²) in [4.78, 5) is 23.2. The van der Waals surface area contributed by atoms with Crippen LogP contribution in [-0.4, -0.2) is 38.4 Å². The summed E-state index contributed by atoms with van der Waals surface area (Å²) in [5, 5.41) is 2.70. The van der Waals surface area contributed by atoms with Crippen LogP contribution in [0.2, 0.25) is 0 Å². The Hall–Kier alpha value is -2.86. The number of esters is 1. The van der Waals surface area contributed by atoms with Gasteiger partial charge in [0.05, 0.1) is 7.11 Å². The molecule has 0 unspecified atom stereocenters. The van der Waals surface area contributed by atoms with Gasteiger partial charge in [-0.15, -0.1) is 0 Å². The highest BCUT2D eigenvalue weighted by Gasteiger charge is 2.28. The molecular formula is C21H24N2O4. The molecule has 1 aliphatic carbocycles. The van der Waals surface area contributed by atoms with Gasteiger partial charge in [0.25, 0.3) is 0 Å². The Bertz CT molecular complexity index is 776. The monoisotopic (exact) mass is 368 g/mol. The molecule has 0 heterocycles. The van der Waals surface area contributed by atoms with Crippen LogP contribution in [0.3, 0.4) is 0 Å². The molecule has 3 rings (SSSR count). The number of hydrogen-bond donors (Lipinski definition) is 2. The van der Waals surface area contributed by atoms with Crippen LogP contribution in [0.1, 0.15) is 29.9 Å². The van der Waals surface area contributed by atoms with E-state index in [-0.39, 0.29) is 12.5 Å². The molecule has 6 nitrogen and oxygen atoms in total.